The van der Waals surface area contributed by atoms with E-state index in [1.807, 2.05) is 0 Å². The first-order valence-electron chi connectivity index (χ1n) is 8.91. The van der Waals surface area contributed by atoms with Crippen molar-refractivity contribution in [1.29, 1.82) is 0 Å². The second-order valence-corrected chi connectivity index (χ2v) is 6.51. The maximum atomic E-state index is 12.2. The Morgan fingerprint density at radius 2 is 1.96 bits per heavy atom. The summed E-state index contributed by atoms with van der Waals surface area (Å²) in [6.07, 6.45) is 5.52. The zero-order valence-corrected chi connectivity index (χ0v) is 15.0. The highest BCUT2D eigenvalue weighted by molar-refractivity contribution is 6.03. The van der Waals surface area contributed by atoms with Gasteiger partial charge < -0.3 is 14.3 Å². The van der Waals surface area contributed by atoms with Crippen LogP contribution in [0.2, 0.25) is 0 Å². The van der Waals surface area contributed by atoms with Crippen molar-refractivity contribution in [2.75, 3.05) is 7.11 Å². The van der Waals surface area contributed by atoms with Crippen molar-refractivity contribution in [2.45, 2.75) is 25.7 Å². The fraction of sp³-hybridized carbons (Fsp3) is 0.238. The Labute approximate surface area is 156 Å². The molecule has 0 atom stereocenters. The number of furan rings is 1. The molecule has 0 aliphatic heterocycles. The Hall–Kier alpha value is -3.28. The first kappa shape index (κ1) is 17.1. The van der Waals surface area contributed by atoms with E-state index in [0.717, 1.165) is 48.0 Å². The fourth-order valence-electron chi connectivity index (χ4n) is 3.47. The molecule has 0 unspecified atom stereocenters. The number of hydrazone groups is 1. The van der Waals surface area contributed by atoms with E-state index in [2.05, 4.69) is 10.5 Å². The molecule has 1 aromatic heterocycles. The Morgan fingerprint density at radius 1 is 1.19 bits per heavy atom. The molecule has 0 saturated heterocycles. The lowest BCUT2D eigenvalue weighted by molar-refractivity contribution is 0.0955. The number of phenols is 1. The van der Waals surface area contributed by atoms with E-state index < -0.39 is 0 Å². The summed E-state index contributed by atoms with van der Waals surface area (Å²) in [6, 6.07) is 10.1. The highest BCUT2D eigenvalue weighted by atomic mass is 16.5. The predicted molar refractivity (Wildman–Crippen MR) is 103 cm³/mol. The number of nitrogens with zero attached hydrogens (tertiary/aromatic N) is 1. The molecular weight excluding hydrogens is 344 g/mol. The highest BCUT2D eigenvalue weighted by Gasteiger charge is 2.21. The van der Waals surface area contributed by atoms with Crippen molar-refractivity contribution in [1.82, 2.24) is 5.43 Å². The molecule has 4 rings (SSSR count). The molecule has 1 heterocycles. The van der Waals surface area contributed by atoms with Gasteiger partial charge in [0.15, 0.2) is 0 Å². The maximum Gasteiger partial charge on any atom is 0.271 e. The van der Waals surface area contributed by atoms with Crippen molar-refractivity contribution >= 4 is 23.1 Å². The average molecular weight is 364 g/mol. The van der Waals surface area contributed by atoms with Crippen LogP contribution in [0.25, 0.3) is 11.0 Å². The number of aryl methyl sites for hydroxylation is 2. The number of methoxy groups -OCH3 is 1. The summed E-state index contributed by atoms with van der Waals surface area (Å²) < 4.78 is 11.0. The molecular formula is C21H20N2O4. The van der Waals surface area contributed by atoms with Crippen molar-refractivity contribution < 1.29 is 19.1 Å². The minimum absolute atomic E-state index is 0.110. The minimum Gasteiger partial charge on any atom is -0.507 e. The van der Waals surface area contributed by atoms with Gasteiger partial charge >= 0.3 is 0 Å². The number of hydrogen-bond donors (Lipinski definition) is 2. The Kier molecular flexibility index (Phi) is 4.54. The third kappa shape index (κ3) is 3.26. The fourth-order valence-corrected chi connectivity index (χ4v) is 3.47. The third-order valence-electron chi connectivity index (χ3n) is 4.85. The minimum atomic E-state index is -0.338. The van der Waals surface area contributed by atoms with Crippen molar-refractivity contribution in [3.63, 3.8) is 0 Å². The summed E-state index contributed by atoms with van der Waals surface area (Å²) >= 11 is 0. The van der Waals surface area contributed by atoms with Crippen LogP contribution in [0.3, 0.4) is 0 Å². The second-order valence-electron chi connectivity index (χ2n) is 6.51. The molecule has 0 spiro atoms. The Balaban J connectivity index is 1.59. The number of rotatable bonds is 4. The average Bonchev–Trinajstić information content (AvgIpc) is 3.08. The number of aromatic hydroxyl groups is 1. The van der Waals surface area contributed by atoms with Crippen LogP contribution in [0.15, 0.2) is 45.9 Å². The second kappa shape index (κ2) is 7.15. The lowest BCUT2D eigenvalue weighted by Crippen LogP contribution is -2.17. The van der Waals surface area contributed by atoms with Crippen LogP contribution in [-0.2, 0) is 12.8 Å². The van der Waals surface area contributed by atoms with Gasteiger partial charge in [0.2, 0.25) is 0 Å². The summed E-state index contributed by atoms with van der Waals surface area (Å²) in [5.41, 5.74) is 5.40. The van der Waals surface area contributed by atoms with Gasteiger partial charge in [0.1, 0.15) is 22.8 Å². The van der Waals surface area contributed by atoms with Crippen LogP contribution in [0.1, 0.15) is 40.1 Å². The molecule has 2 aromatic carbocycles. The first-order valence-corrected chi connectivity index (χ1v) is 8.91. The lowest BCUT2D eigenvalue weighted by Gasteiger charge is -2.09. The summed E-state index contributed by atoms with van der Waals surface area (Å²) in [5, 5.41) is 15.2. The van der Waals surface area contributed by atoms with E-state index in [1.165, 1.54) is 6.21 Å². The topological polar surface area (TPSA) is 84.1 Å². The highest BCUT2D eigenvalue weighted by Crippen LogP contribution is 2.36. The van der Waals surface area contributed by atoms with E-state index in [0.29, 0.717) is 16.9 Å². The molecule has 0 saturated carbocycles. The van der Waals surface area contributed by atoms with E-state index in [4.69, 9.17) is 9.15 Å². The van der Waals surface area contributed by atoms with E-state index >= 15 is 0 Å². The molecule has 1 amide bonds. The molecule has 1 aliphatic carbocycles. The Bertz CT molecular complexity index is 1020. The maximum absolute atomic E-state index is 12.2. The van der Waals surface area contributed by atoms with Crippen molar-refractivity contribution in [3.8, 4) is 11.5 Å². The van der Waals surface area contributed by atoms with Gasteiger partial charge in [-0.3, -0.25) is 4.79 Å². The standard InChI is InChI=1S/C21H20N2O4/c1-26-14-8-6-13(7-9-14)21(25)23-22-12-16-17(24)10-11-19-20(16)15-4-2-3-5-18(15)27-19/h6-12,24H,2-5H2,1H3,(H,23,25). The number of carbonyl (C=O) groups is 1. The first-order chi connectivity index (χ1) is 13.2. The largest absolute Gasteiger partial charge is 0.507 e. The number of nitrogens with one attached hydrogen (secondary N) is 1. The Morgan fingerprint density at radius 3 is 2.74 bits per heavy atom. The van der Waals surface area contributed by atoms with Crippen LogP contribution >= 0.6 is 0 Å². The molecule has 6 nitrogen and oxygen atoms in total. The number of fused-ring (bicyclic) bond motifs is 3. The molecule has 0 bridgehead atoms. The number of hydrogen-bond acceptors (Lipinski definition) is 5. The smallest absolute Gasteiger partial charge is 0.271 e. The van der Waals surface area contributed by atoms with Gasteiger partial charge in [0, 0.05) is 28.5 Å². The zero-order chi connectivity index (χ0) is 18.8. The summed E-state index contributed by atoms with van der Waals surface area (Å²) in [4.78, 5) is 12.2. The van der Waals surface area contributed by atoms with Crippen LogP contribution in [0.5, 0.6) is 11.5 Å². The van der Waals surface area contributed by atoms with E-state index in [1.54, 1.807) is 43.5 Å². The number of benzene rings is 2. The van der Waals surface area contributed by atoms with Gasteiger partial charge in [0.25, 0.3) is 5.91 Å². The SMILES string of the molecule is COc1ccc(C(=O)NN=Cc2c(O)ccc3oc4c(c23)CCCC4)cc1. The molecule has 1 aliphatic rings. The van der Waals surface area contributed by atoms with Gasteiger partial charge in [0.05, 0.1) is 13.3 Å². The van der Waals surface area contributed by atoms with Crippen LogP contribution in [0, 0.1) is 0 Å². The van der Waals surface area contributed by atoms with Gasteiger partial charge in [-0.25, -0.2) is 5.43 Å². The third-order valence-corrected chi connectivity index (χ3v) is 4.85. The number of amides is 1. The van der Waals surface area contributed by atoms with Gasteiger partial charge in [-0.1, -0.05) is 0 Å². The number of ether oxygens (including phenoxy) is 1. The van der Waals surface area contributed by atoms with Gasteiger partial charge in [-0.2, -0.15) is 5.10 Å². The normalized spacial score (nSPS) is 13.7. The molecule has 2 N–H and O–H groups in total. The molecule has 138 valence electrons. The monoisotopic (exact) mass is 364 g/mol. The van der Waals surface area contributed by atoms with Crippen molar-refractivity contribution in [2.24, 2.45) is 5.10 Å². The molecule has 0 radical (unpaired) electrons. The quantitative estimate of drug-likeness (QED) is 0.545. The number of phenolic OH excluding ortho intramolecular Hbond substituents is 1. The summed E-state index contributed by atoms with van der Waals surface area (Å²) in [5.74, 6) is 1.43. The molecule has 6 heteroatoms. The predicted octanol–water partition coefficient (Wildman–Crippen LogP) is 3.79. The van der Waals surface area contributed by atoms with Crippen LogP contribution < -0.4 is 10.2 Å². The van der Waals surface area contributed by atoms with Crippen LogP contribution in [-0.4, -0.2) is 24.3 Å². The summed E-state index contributed by atoms with van der Waals surface area (Å²) in [6.45, 7) is 0. The van der Waals surface area contributed by atoms with Crippen LogP contribution in [0.4, 0.5) is 0 Å². The van der Waals surface area contributed by atoms with Gasteiger partial charge in [-0.05, 0) is 55.7 Å². The van der Waals surface area contributed by atoms with Gasteiger partial charge in [-0.15, -0.1) is 0 Å². The number of carbonyl (C=O) groups excluding carboxylic acids is 1. The van der Waals surface area contributed by atoms with E-state index in [-0.39, 0.29) is 11.7 Å². The zero-order valence-electron chi connectivity index (χ0n) is 15.0. The van der Waals surface area contributed by atoms with Crippen molar-refractivity contribution in [3.05, 3.63) is 58.8 Å². The van der Waals surface area contributed by atoms with E-state index in [9.17, 15) is 9.90 Å². The molecule has 27 heavy (non-hydrogen) atoms. The molecule has 3 aromatic rings. The summed E-state index contributed by atoms with van der Waals surface area (Å²) in [7, 11) is 1.57. The lowest BCUT2D eigenvalue weighted by atomic mass is 9.94. The molecule has 0 fully saturated rings.